The van der Waals surface area contributed by atoms with Crippen LogP contribution in [0.3, 0.4) is 0 Å². The molecule has 0 atom stereocenters. The molecule has 3 rings (SSSR count). The molecule has 0 saturated heterocycles. The van der Waals surface area contributed by atoms with Gasteiger partial charge in [-0.05, 0) is 43.9 Å². The van der Waals surface area contributed by atoms with Crippen LogP contribution in [0, 0.1) is 20.8 Å². The van der Waals surface area contributed by atoms with Crippen molar-refractivity contribution in [3.63, 3.8) is 0 Å². The van der Waals surface area contributed by atoms with E-state index >= 15 is 0 Å². The van der Waals surface area contributed by atoms with Gasteiger partial charge in [0.05, 0.1) is 10.7 Å². The van der Waals surface area contributed by atoms with Crippen LogP contribution in [0.5, 0.6) is 0 Å². The summed E-state index contributed by atoms with van der Waals surface area (Å²) in [6.45, 7) is 5.84. The molecule has 2 aromatic heterocycles. The number of hydrogen-bond donors (Lipinski definition) is 2. The lowest BCUT2D eigenvalue weighted by molar-refractivity contribution is 0.0954. The van der Waals surface area contributed by atoms with Gasteiger partial charge in [0.2, 0.25) is 0 Å². The summed E-state index contributed by atoms with van der Waals surface area (Å²) in [6.07, 6.45) is 0. The lowest BCUT2D eigenvalue weighted by Crippen LogP contribution is -2.26. The molecule has 23 heavy (non-hydrogen) atoms. The highest BCUT2D eigenvalue weighted by atomic mass is 32.1. The minimum atomic E-state index is -0.198. The second kappa shape index (κ2) is 5.96. The molecule has 0 saturated carbocycles. The average molecular weight is 327 g/mol. The van der Waals surface area contributed by atoms with Crippen LogP contribution in [0.25, 0.3) is 10.9 Å². The number of amides is 1. The van der Waals surface area contributed by atoms with Crippen LogP contribution in [0.4, 0.5) is 0 Å². The lowest BCUT2D eigenvalue weighted by atomic mass is 10.1. The normalized spacial score (nSPS) is 10.9. The van der Waals surface area contributed by atoms with Crippen LogP contribution in [-0.4, -0.2) is 15.9 Å². The quantitative estimate of drug-likeness (QED) is 0.777. The van der Waals surface area contributed by atoms with Crippen molar-refractivity contribution in [2.45, 2.75) is 27.3 Å². The van der Waals surface area contributed by atoms with Crippen molar-refractivity contribution in [2.24, 2.45) is 0 Å². The fourth-order valence-electron chi connectivity index (χ4n) is 2.49. The van der Waals surface area contributed by atoms with Crippen molar-refractivity contribution in [2.75, 3.05) is 0 Å². The Hall–Kier alpha value is -2.47. The number of hydrogen-bond acceptors (Lipinski definition) is 4. The molecule has 0 bridgehead atoms. The standard InChI is InChI=1S/C17H17N3O2S/c1-9-4-5-12-7-13(16(21)20-14(12)6-9)8-18-17(22)15-10(2)19-11(3)23-15/h4-7H,8H2,1-3H3,(H,18,22)(H,20,21). The first-order valence-corrected chi connectivity index (χ1v) is 8.10. The minimum absolute atomic E-state index is 0.180. The van der Waals surface area contributed by atoms with E-state index in [1.165, 1.54) is 11.3 Å². The van der Waals surface area contributed by atoms with E-state index in [9.17, 15) is 9.59 Å². The summed E-state index contributed by atoms with van der Waals surface area (Å²) < 4.78 is 0. The maximum Gasteiger partial charge on any atom is 0.263 e. The van der Waals surface area contributed by atoms with E-state index in [0.29, 0.717) is 16.1 Å². The first-order chi connectivity index (χ1) is 10.9. The number of pyridine rings is 1. The second-order valence-electron chi connectivity index (χ2n) is 5.54. The van der Waals surface area contributed by atoms with Gasteiger partial charge in [0.15, 0.2) is 0 Å². The van der Waals surface area contributed by atoms with E-state index in [4.69, 9.17) is 0 Å². The number of carbonyl (C=O) groups excluding carboxylic acids is 1. The van der Waals surface area contributed by atoms with Gasteiger partial charge in [-0.25, -0.2) is 4.98 Å². The summed E-state index contributed by atoms with van der Waals surface area (Å²) in [5.41, 5.74) is 2.96. The monoisotopic (exact) mass is 327 g/mol. The van der Waals surface area contributed by atoms with Gasteiger partial charge in [0.25, 0.3) is 11.5 Å². The van der Waals surface area contributed by atoms with Gasteiger partial charge >= 0.3 is 0 Å². The number of thiazole rings is 1. The summed E-state index contributed by atoms with van der Waals surface area (Å²) in [6, 6.07) is 7.70. The Bertz CT molecular complexity index is 956. The molecule has 1 aromatic carbocycles. The number of carbonyl (C=O) groups is 1. The molecule has 0 aliphatic carbocycles. The number of benzene rings is 1. The Kier molecular flexibility index (Phi) is 4.00. The molecule has 3 aromatic rings. The Morgan fingerprint density at radius 2 is 2.04 bits per heavy atom. The van der Waals surface area contributed by atoms with Crippen molar-refractivity contribution < 1.29 is 4.79 Å². The zero-order valence-electron chi connectivity index (χ0n) is 13.2. The summed E-state index contributed by atoms with van der Waals surface area (Å²) in [5.74, 6) is -0.198. The molecule has 0 aliphatic heterocycles. The first-order valence-electron chi connectivity index (χ1n) is 7.29. The number of fused-ring (bicyclic) bond motifs is 1. The molecule has 0 unspecified atom stereocenters. The third kappa shape index (κ3) is 3.17. The van der Waals surface area contributed by atoms with Crippen LogP contribution in [0.15, 0.2) is 29.1 Å². The molecule has 2 N–H and O–H groups in total. The molecule has 5 nitrogen and oxygen atoms in total. The predicted molar refractivity (Wildman–Crippen MR) is 92.1 cm³/mol. The van der Waals surface area contributed by atoms with Crippen molar-refractivity contribution in [1.29, 1.82) is 0 Å². The van der Waals surface area contributed by atoms with E-state index in [0.717, 1.165) is 21.5 Å². The zero-order valence-corrected chi connectivity index (χ0v) is 14.0. The first kappa shape index (κ1) is 15.4. The topological polar surface area (TPSA) is 74.8 Å². The molecule has 0 aliphatic rings. The van der Waals surface area contributed by atoms with Gasteiger partial charge in [-0.2, -0.15) is 0 Å². The van der Waals surface area contributed by atoms with Gasteiger partial charge < -0.3 is 10.3 Å². The Labute approximate surface area is 137 Å². The van der Waals surface area contributed by atoms with Crippen LogP contribution in [0.2, 0.25) is 0 Å². The predicted octanol–water partition coefficient (Wildman–Crippen LogP) is 2.84. The van der Waals surface area contributed by atoms with Gasteiger partial charge in [0, 0.05) is 17.6 Å². The number of aromatic amines is 1. The van der Waals surface area contributed by atoms with E-state index in [-0.39, 0.29) is 18.0 Å². The molecule has 0 spiro atoms. The van der Waals surface area contributed by atoms with Crippen molar-refractivity contribution in [3.8, 4) is 0 Å². The number of H-pyrrole nitrogens is 1. The third-order valence-electron chi connectivity index (χ3n) is 3.63. The van der Waals surface area contributed by atoms with Crippen molar-refractivity contribution >= 4 is 28.1 Å². The SMILES string of the molecule is Cc1ccc2cc(CNC(=O)c3sc(C)nc3C)c(=O)[nH]c2c1. The van der Waals surface area contributed by atoms with E-state index in [1.807, 2.05) is 45.0 Å². The smallest absolute Gasteiger partial charge is 0.263 e. The fraction of sp³-hybridized carbons (Fsp3) is 0.235. The number of aromatic nitrogens is 2. The van der Waals surface area contributed by atoms with Gasteiger partial charge in [-0.1, -0.05) is 12.1 Å². The Morgan fingerprint density at radius 1 is 1.26 bits per heavy atom. The van der Waals surface area contributed by atoms with Gasteiger partial charge in [0.1, 0.15) is 4.88 Å². The zero-order chi connectivity index (χ0) is 16.6. The van der Waals surface area contributed by atoms with Crippen LogP contribution in [-0.2, 0) is 6.54 Å². The molecular formula is C17H17N3O2S. The second-order valence-corrected chi connectivity index (χ2v) is 6.75. The molecule has 2 heterocycles. The summed E-state index contributed by atoms with van der Waals surface area (Å²) >= 11 is 1.36. The molecule has 0 fully saturated rings. The number of nitrogens with zero attached hydrogens (tertiary/aromatic N) is 1. The highest BCUT2D eigenvalue weighted by molar-refractivity contribution is 7.13. The summed E-state index contributed by atoms with van der Waals surface area (Å²) in [5, 5.41) is 4.60. The Balaban J connectivity index is 1.83. The average Bonchev–Trinajstić information content (AvgIpc) is 2.83. The minimum Gasteiger partial charge on any atom is -0.347 e. The maximum absolute atomic E-state index is 12.2. The van der Waals surface area contributed by atoms with E-state index in [2.05, 4.69) is 15.3 Å². The van der Waals surface area contributed by atoms with Gasteiger partial charge in [-0.3, -0.25) is 9.59 Å². The summed E-state index contributed by atoms with van der Waals surface area (Å²) in [4.78, 5) is 32.1. The Morgan fingerprint density at radius 3 is 2.74 bits per heavy atom. The molecule has 0 radical (unpaired) electrons. The highest BCUT2D eigenvalue weighted by Gasteiger charge is 2.14. The van der Waals surface area contributed by atoms with Crippen LogP contribution >= 0.6 is 11.3 Å². The largest absolute Gasteiger partial charge is 0.347 e. The maximum atomic E-state index is 12.2. The summed E-state index contributed by atoms with van der Waals surface area (Å²) in [7, 11) is 0. The number of nitrogens with one attached hydrogen (secondary N) is 2. The van der Waals surface area contributed by atoms with Crippen LogP contribution in [0.1, 0.15) is 31.5 Å². The van der Waals surface area contributed by atoms with Gasteiger partial charge in [-0.15, -0.1) is 11.3 Å². The van der Waals surface area contributed by atoms with Crippen LogP contribution < -0.4 is 10.9 Å². The molecule has 118 valence electrons. The number of rotatable bonds is 3. The lowest BCUT2D eigenvalue weighted by Gasteiger charge is -2.06. The molecule has 6 heteroatoms. The van der Waals surface area contributed by atoms with Crippen molar-refractivity contribution in [1.82, 2.24) is 15.3 Å². The van der Waals surface area contributed by atoms with Crippen molar-refractivity contribution in [3.05, 3.63) is 61.3 Å². The fourth-order valence-corrected chi connectivity index (χ4v) is 3.33. The third-order valence-corrected chi connectivity index (χ3v) is 4.70. The highest BCUT2D eigenvalue weighted by Crippen LogP contribution is 2.17. The number of aryl methyl sites for hydroxylation is 3. The van der Waals surface area contributed by atoms with E-state index in [1.54, 1.807) is 0 Å². The van der Waals surface area contributed by atoms with E-state index < -0.39 is 0 Å². The molecule has 1 amide bonds. The molecular weight excluding hydrogens is 310 g/mol.